The summed E-state index contributed by atoms with van der Waals surface area (Å²) in [6.45, 7) is 3.08. The third-order valence-corrected chi connectivity index (χ3v) is 2.75. The van der Waals surface area contributed by atoms with Crippen molar-refractivity contribution in [3.63, 3.8) is 0 Å². The molecular formula is C13H12FN3O4. The number of esters is 1. The Morgan fingerprint density at radius 3 is 2.57 bits per heavy atom. The van der Waals surface area contributed by atoms with Crippen LogP contribution in [0.3, 0.4) is 0 Å². The first-order valence-electron chi connectivity index (χ1n) is 6.12. The Morgan fingerprint density at radius 2 is 2.05 bits per heavy atom. The molecule has 0 aliphatic heterocycles. The van der Waals surface area contributed by atoms with Gasteiger partial charge in [0.25, 0.3) is 0 Å². The van der Waals surface area contributed by atoms with Crippen LogP contribution in [0, 0.1) is 22.9 Å². The molecule has 0 N–H and O–H groups in total. The van der Waals surface area contributed by atoms with Gasteiger partial charge in [0, 0.05) is 0 Å². The summed E-state index contributed by atoms with van der Waals surface area (Å²) in [5, 5.41) is 15.1. The van der Waals surface area contributed by atoms with E-state index in [4.69, 9.17) is 4.74 Å². The number of hydrogen-bond donors (Lipinski definition) is 0. The van der Waals surface area contributed by atoms with E-state index in [1.165, 1.54) is 31.2 Å². The fourth-order valence-electron chi connectivity index (χ4n) is 1.89. The number of rotatable bonds is 4. The average molecular weight is 293 g/mol. The van der Waals surface area contributed by atoms with Gasteiger partial charge in [0.1, 0.15) is 11.5 Å². The molecule has 0 bridgehead atoms. The fraction of sp³-hybridized carbons (Fsp3) is 0.231. The van der Waals surface area contributed by atoms with Gasteiger partial charge in [-0.05, 0) is 38.1 Å². The van der Waals surface area contributed by atoms with Crippen LogP contribution in [0.4, 0.5) is 10.1 Å². The normalized spacial score (nSPS) is 10.4. The largest absolute Gasteiger partial charge is 0.461 e. The maximum atomic E-state index is 13.0. The minimum absolute atomic E-state index is 0.0730. The summed E-state index contributed by atoms with van der Waals surface area (Å²) in [7, 11) is 0. The standard InChI is InChI=1S/C13H12FN3O4/c1-3-21-13(18)12-11(17(19)20)8(2)15-16(12)10-6-4-9(14)5-7-10/h4-7H,3H2,1-2H3. The van der Waals surface area contributed by atoms with E-state index < -0.39 is 22.4 Å². The first-order chi connectivity index (χ1) is 9.95. The lowest BCUT2D eigenvalue weighted by Gasteiger charge is -2.06. The van der Waals surface area contributed by atoms with Crippen LogP contribution < -0.4 is 0 Å². The van der Waals surface area contributed by atoms with Gasteiger partial charge in [0.05, 0.1) is 17.2 Å². The van der Waals surface area contributed by atoms with Gasteiger partial charge in [0.15, 0.2) is 0 Å². The topological polar surface area (TPSA) is 87.3 Å². The highest BCUT2D eigenvalue weighted by atomic mass is 19.1. The van der Waals surface area contributed by atoms with E-state index in [-0.39, 0.29) is 18.0 Å². The Hall–Kier alpha value is -2.77. The monoisotopic (exact) mass is 293 g/mol. The summed E-state index contributed by atoms with van der Waals surface area (Å²) < 4.78 is 18.9. The summed E-state index contributed by atoms with van der Waals surface area (Å²) in [5.41, 5.74) is -0.299. The molecule has 8 heteroatoms. The zero-order valence-corrected chi connectivity index (χ0v) is 11.4. The zero-order chi connectivity index (χ0) is 15.6. The van der Waals surface area contributed by atoms with Gasteiger partial charge in [-0.2, -0.15) is 5.10 Å². The van der Waals surface area contributed by atoms with Crippen molar-refractivity contribution in [2.75, 3.05) is 6.61 Å². The molecule has 0 fully saturated rings. The lowest BCUT2D eigenvalue weighted by atomic mass is 10.2. The number of aromatic nitrogens is 2. The van der Waals surface area contributed by atoms with Crippen LogP contribution in [-0.2, 0) is 4.74 Å². The molecule has 1 aromatic carbocycles. The van der Waals surface area contributed by atoms with Crippen LogP contribution in [0.15, 0.2) is 24.3 Å². The van der Waals surface area contributed by atoms with E-state index in [0.717, 1.165) is 4.68 Å². The first-order valence-corrected chi connectivity index (χ1v) is 6.12. The summed E-state index contributed by atoms with van der Waals surface area (Å²) in [4.78, 5) is 22.4. The van der Waals surface area contributed by atoms with Gasteiger partial charge in [0.2, 0.25) is 5.69 Å². The molecule has 0 aliphatic rings. The third-order valence-electron chi connectivity index (χ3n) is 2.75. The molecule has 2 aromatic rings. The van der Waals surface area contributed by atoms with Crippen molar-refractivity contribution in [2.45, 2.75) is 13.8 Å². The molecule has 1 heterocycles. The Morgan fingerprint density at radius 1 is 1.43 bits per heavy atom. The Labute approximate surface area is 119 Å². The average Bonchev–Trinajstić information content (AvgIpc) is 2.77. The molecule has 0 aliphatic carbocycles. The Kier molecular flexibility index (Phi) is 3.97. The second-order valence-electron chi connectivity index (χ2n) is 4.15. The van der Waals surface area contributed by atoms with Crippen molar-refractivity contribution >= 4 is 11.7 Å². The first kappa shape index (κ1) is 14.6. The summed E-state index contributed by atoms with van der Waals surface area (Å²) in [5.74, 6) is -1.32. The van der Waals surface area contributed by atoms with Crippen molar-refractivity contribution in [3.8, 4) is 5.69 Å². The molecule has 0 unspecified atom stereocenters. The van der Waals surface area contributed by atoms with Gasteiger partial charge in [-0.1, -0.05) is 0 Å². The van der Waals surface area contributed by atoms with Gasteiger partial charge >= 0.3 is 11.7 Å². The van der Waals surface area contributed by atoms with E-state index in [9.17, 15) is 19.3 Å². The fourth-order valence-corrected chi connectivity index (χ4v) is 1.89. The number of nitro groups is 1. The van der Waals surface area contributed by atoms with Crippen LogP contribution in [-0.4, -0.2) is 27.3 Å². The van der Waals surface area contributed by atoms with Crippen molar-refractivity contribution < 1.29 is 18.8 Å². The number of halogens is 1. The lowest BCUT2D eigenvalue weighted by Crippen LogP contribution is -2.13. The molecule has 110 valence electrons. The van der Waals surface area contributed by atoms with Crippen molar-refractivity contribution in [3.05, 3.63) is 51.6 Å². The maximum absolute atomic E-state index is 13.0. The molecule has 0 saturated heterocycles. The van der Waals surface area contributed by atoms with E-state index in [2.05, 4.69) is 5.10 Å². The van der Waals surface area contributed by atoms with Crippen LogP contribution in [0.1, 0.15) is 23.1 Å². The number of ether oxygens (including phenoxy) is 1. The smallest absolute Gasteiger partial charge is 0.364 e. The molecular weight excluding hydrogens is 281 g/mol. The number of benzene rings is 1. The number of aryl methyl sites for hydroxylation is 1. The quantitative estimate of drug-likeness (QED) is 0.490. The highest BCUT2D eigenvalue weighted by Gasteiger charge is 2.32. The van der Waals surface area contributed by atoms with E-state index in [0.29, 0.717) is 5.69 Å². The number of hydrogen-bond acceptors (Lipinski definition) is 5. The maximum Gasteiger partial charge on any atom is 0.364 e. The second kappa shape index (κ2) is 5.70. The Balaban J connectivity index is 2.65. The summed E-state index contributed by atoms with van der Waals surface area (Å²) >= 11 is 0. The number of nitrogens with zero attached hydrogens (tertiary/aromatic N) is 3. The predicted molar refractivity (Wildman–Crippen MR) is 70.9 cm³/mol. The Bertz CT molecular complexity index is 694. The molecule has 0 saturated carbocycles. The number of carbonyl (C=O) groups excluding carboxylic acids is 1. The van der Waals surface area contributed by atoms with Crippen molar-refractivity contribution in [1.82, 2.24) is 9.78 Å². The molecule has 2 rings (SSSR count). The number of carbonyl (C=O) groups is 1. The summed E-state index contributed by atoms with van der Waals surface area (Å²) in [6.07, 6.45) is 0. The van der Waals surface area contributed by atoms with Crippen LogP contribution >= 0.6 is 0 Å². The minimum Gasteiger partial charge on any atom is -0.461 e. The molecule has 0 radical (unpaired) electrons. The third kappa shape index (κ3) is 2.73. The molecule has 7 nitrogen and oxygen atoms in total. The van der Waals surface area contributed by atoms with Crippen molar-refractivity contribution in [2.24, 2.45) is 0 Å². The zero-order valence-electron chi connectivity index (χ0n) is 11.4. The van der Waals surface area contributed by atoms with Gasteiger partial charge in [-0.25, -0.2) is 13.9 Å². The van der Waals surface area contributed by atoms with Gasteiger partial charge in [-0.3, -0.25) is 10.1 Å². The van der Waals surface area contributed by atoms with Crippen LogP contribution in [0.25, 0.3) is 5.69 Å². The molecule has 21 heavy (non-hydrogen) atoms. The second-order valence-corrected chi connectivity index (χ2v) is 4.15. The van der Waals surface area contributed by atoms with Crippen molar-refractivity contribution in [1.29, 1.82) is 0 Å². The molecule has 0 atom stereocenters. The van der Waals surface area contributed by atoms with E-state index in [1.807, 2.05) is 0 Å². The molecule has 1 aromatic heterocycles. The lowest BCUT2D eigenvalue weighted by molar-refractivity contribution is -0.385. The van der Waals surface area contributed by atoms with E-state index in [1.54, 1.807) is 6.92 Å². The molecule has 0 amide bonds. The predicted octanol–water partition coefficient (Wildman–Crippen LogP) is 2.40. The molecule has 0 spiro atoms. The SMILES string of the molecule is CCOC(=O)c1c([N+](=O)[O-])c(C)nn1-c1ccc(F)cc1. The summed E-state index contributed by atoms with van der Waals surface area (Å²) in [6, 6.07) is 5.09. The van der Waals surface area contributed by atoms with Crippen LogP contribution in [0.5, 0.6) is 0 Å². The minimum atomic E-state index is -0.853. The highest BCUT2D eigenvalue weighted by molar-refractivity contribution is 5.93. The van der Waals surface area contributed by atoms with Crippen LogP contribution in [0.2, 0.25) is 0 Å². The van der Waals surface area contributed by atoms with Gasteiger partial charge in [-0.15, -0.1) is 0 Å². The van der Waals surface area contributed by atoms with E-state index >= 15 is 0 Å². The highest BCUT2D eigenvalue weighted by Crippen LogP contribution is 2.26. The van der Waals surface area contributed by atoms with Gasteiger partial charge < -0.3 is 4.74 Å².